The van der Waals surface area contributed by atoms with E-state index in [1.807, 2.05) is 20.8 Å². The molecule has 0 bridgehead atoms. The number of amides is 1. The highest BCUT2D eigenvalue weighted by molar-refractivity contribution is 9.09. The van der Waals surface area contributed by atoms with Gasteiger partial charge in [0.05, 0.1) is 0 Å². The molecule has 1 fully saturated rings. The summed E-state index contributed by atoms with van der Waals surface area (Å²) in [5.41, 5.74) is 2.51. The minimum atomic E-state index is -0.456. The molecule has 1 aliphatic rings. The summed E-state index contributed by atoms with van der Waals surface area (Å²) >= 11 is 3.51. The molecule has 0 aromatic heterocycles. The molecule has 1 aromatic carbocycles. The number of benzene rings is 1. The number of alkyl halides is 1. The average molecular weight is 453 g/mol. The van der Waals surface area contributed by atoms with Crippen LogP contribution in [0.2, 0.25) is 0 Å². The average Bonchev–Trinajstić information content (AvgIpc) is 3.45. The molecule has 0 aliphatic heterocycles. The molecule has 5 heteroatoms. The van der Waals surface area contributed by atoms with Crippen molar-refractivity contribution >= 4 is 22.0 Å². The molecule has 0 unspecified atom stereocenters. The zero-order valence-electron chi connectivity index (χ0n) is 17.8. The molecule has 4 nitrogen and oxygen atoms in total. The summed E-state index contributed by atoms with van der Waals surface area (Å²) in [4.78, 5) is 14.4. The standard InChI is InChI=1S/C23H37BrN2O2/c1-23(2,3)28-22(27)25-15-17-26(16-9-5-4-8-14-24)18-20-10-6-7-11-21(20)19-12-13-19/h6-7,10-11,19H,4-5,8-9,12-18H2,1-3H3,(H,25,27). The molecule has 2 rings (SSSR count). The fourth-order valence-electron chi connectivity index (χ4n) is 3.40. The Morgan fingerprint density at radius 1 is 1.14 bits per heavy atom. The molecule has 158 valence electrons. The Hall–Kier alpha value is -1.07. The molecular formula is C23H37BrN2O2. The van der Waals surface area contributed by atoms with Crippen LogP contribution in [-0.2, 0) is 11.3 Å². The van der Waals surface area contributed by atoms with Crippen molar-refractivity contribution in [3.05, 3.63) is 35.4 Å². The van der Waals surface area contributed by atoms with Crippen molar-refractivity contribution in [3.8, 4) is 0 Å². The lowest BCUT2D eigenvalue weighted by molar-refractivity contribution is 0.0521. The van der Waals surface area contributed by atoms with Gasteiger partial charge in [-0.15, -0.1) is 0 Å². The van der Waals surface area contributed by atoms with Crippen LogP contribution in [0.3, 0.4) is 0 Å². The van der Waals surface area contributed by atoms with E-state index in [1.54, 1.807) is 0 Å². The van der Waals surface area contributed by atoms with Crippen LogP contribution in [0.15, 0.2) is 24.3 Å². The number of carbonyl (C=O) groups excluding carboxylic acids is 1. The van der Waals surface area contributed by atoms with E-state index >= 15 is 0 Å². The summed E-state index contributed by atoms with van der Waals surface area (Å²) in [5.74, 6) is 0.761. The number of carbonyl (C=O) groups is 1. The van der Waals surface area contributed by atoms with Crippen LogP contribution in [-0.4, -0.2) is 41.6 Å². The van der Waals surface area contributed by atoms with Gasteiger partial charge in [0.1, 0.15) is 5.60 Å². The van der Waals surface area contributed by atoms with Crippen molar-refractivity contribution in [3.63, 3.8) is 0 Å². The first-order valence-corrected chi connectivity index (χ1v) is 11.8. The monoisotopic (exact) mass is 452 g/mol. The van der Waals surface area contributed by atoms with E-state index in [2.05, 4.69) is 50.4 Å². The second-order valence-corrected chi connectivity index (χ2v) is 9.57. The van der Waals surface area contributed by atoms with Crippen LogP contribution in [0.25, 0.3) is 0 Å². The van der Waals surface area contributed by atoms with E-state index in [9.17, 15) is 4.79 Å². The lowest BCUT2D eigenvalue weighted by Gasteiger charge is -2.25. The highest BCUT2D eigenvalue weighted by atomic mass is 79.9. The van der Waals surface area contributed by atoms with Crippen molar-refractivity contribution < 1.29 is 9.53 Å². The van der Waals surface area contributed by atoms with Crippen molar-refractivity contribution in [1.82, 2.24) is 10.2 Å². The smallest absolute Gasteiger partial charge is 0.407 e. The normalized spacial score (nSPS) is 14.3. The molecule has 1 aliphatic carbocycles. The van der Waals surface area contributed by atoms with Crippen molar-refractivity contribution in [2.45, 2.75) is 77.4 Å². The summed E-state index contributed by atoms with van der Waals surface area (Å²) in [6, 6.07) is 8.87. The molecule has 0 atom stereocenters. The lowest BCUT2D eigenvalue weighted by Crippen LogP contribution is -2.38. The fraction of sp³-hybridized carbons (Fsp3) is 0.696. The quantitative estimate of drug-likeness (QED) is 0.319. The van der Waals surface area contributed by atoms with E-state index in [1.165, 1.54) is 49.7 Å². The molecule has 1 amide bonds. The van der Waals surface area contributed by atoms with Gasteiger partial charge in [-0.25, -0.2) is 4.79 Å². The number of ether oxygens (including phenoxy) is 1. The molecule has 0 saturated heterocycles. The summed E-state index contributed by atoms with van der Waals surface area (Å²) in [5, 5.41) is 4.00. The van der Waals surface area contributed by atoms with E-state index < -0.39 is 5.60 Å². The van der Waals surface area contributed by atoms with Gasteiger partial charge in [-0.2, -0.15) is 0 Å². The molecular weight excluding hydrogens is 416 g/mol. The van der Waals surface area contributed by atoms with Crippen molar-refractivity contribution in [1.29, 1.82) is 0 Å². The van der Waals surface area contributed by atoms with Gasteiger partial charge in [-0.05, 0) is 70.0 Å². The second-order valence-electron chi connectivity index (χ2n) is 8.78. The number of nitrogens with one attached hydrogen (secondary N) is 1. The number of hydrogen-bond acceptors (Lipinski definition) is 3. The summed E-state index contributed by atoms with van der Waals surface area (Å²) < 4.78 is 5.35. The Bertz CT molecular complexity index is 597. The molecule has 1 N–H and O–H groups in total. The van der Waals surface area contributed by atoms with Gasteiger partial charge >= 0.3 is 6.09 Å². The maximum Gasteiger partial charge on any atom is 0.407 e. The Morgan fingerprint density at radius 2 is 1.86 bits per heavy atom. The van der Waals surface area contributed by atoms with E-state index in [0.29, 0.717) is 6.54 Å². The van der Waals surface area contributed by atoms with Crippen LogP contribution in [0.4, 0.5) is 4.79 Å². The Labute approximate surface area is 179 Å². The molecule has 0 heterocycles. The van der Waals surface area contributed by atoms with Crippen LogP contribution < -0.4 is 5.32 Å². The van der Waals surface area contributed by atoms with Gasteiger partial charge in [-0.1, -0.05) is 53.0 Å². The van der Waals surface area contributed by atoms with Gasteiger partial charge in [0, 0.05) is 25.0 Å². The second kappa shape index (κ2) is 11.8. The maximum atomic E-state index is 11.9. The number of halogens is 1. The molecule has 0 spiro atoms. The SMILES string of the molecule is CC(C)(C)OC(=O)NCCN(CCCCCCBr)Cc1ccccc1C1CC1. The van der Waals surface area contributed by atoms with Gasteiger partial charge in [-0.3, -0.25) is 4.90 Å². The van der Waals surface area contributed by atoms with Crippen LogP contribution in [0.1, 0.15) is 76.3 Å². The van der Waals surface area contributed by atoms with Crippen LogP contribution in [0.5, 0.6) is 0 Å². The summed E-state index contributed by atoms with van der Waals surface area (Å²) in [6.07, 6.45) is 7.28. The zero-order chi connectivity index (χ0) is 20.4. The lowest BCUT2D eigenvalue weighted by atomic mass is 10.0. The summed E-state index contributed by atoms with van der Waals surface area (Å²) in [7, 11) is 0. The highest BCUT2D eigenvalue weighted by Gasteiger charge is 2.26. The molecule has 0 radical (unpaired) electrons. The van der Waals surface area contributed by atoms with E-state index in [-0.39, 0.29) is 6.09 Å². The third-order valence-electron chi connectivity index (χ3n) is 4.92. The van der Waals surface area contributed by atoms with Crippen LogP contribution >= 0.6 is 15.9 Å². The third kappa shape index (κ3) is 9.42. The number of alkyl carbamates (subject to hydrolysis) is 1. The van der Waals surface area contributed by atoms with Crippen molar-refractivity contribution in [2.24, 2.45) is 0 Å². The minimum Gasteiger partial charge on any atom is -0.444 e. The molecule has 1 saturated carbocycles. The van der Waals surface area contributed by atoms with E-state index in [4.69, 9.17) is 4.74 Å². The number of unbranched alkanes of at least 4 members (excludes halogenated alkanes) is 3. The van der Waals surface area contributed by atoms with Gasteiger partial charge in [0.25, 0.3) is 0 Å². The van der Waals surface area contributed by atoms with Crippen LogP contribution in [0, 0.1) is 0 Å². The topological polar surface area (TPSA) is 41.6 Å². The highest BCUT2D eigenvalue weighted by Crippen LogP contribution is 2.41. The third-order valence-corrected chi connectivity index (χ3v) is 5.48. The number of nitrogens with zero attached hydrogens (tertiary/aromatic N) is 1. The predicted octanol–water partition coefficient (Wildman–Crippen LogP) is 5.85. The minimum absolute atomic E-state index is 0.330. The van der Waals surface area contributed by atoms with E-state index in [0.717, 1.165) is 30.9 Å². The Balaban J connectivity index is 1.86. The first kappa shape index (κ1) is 23.2. The Morgan fingerprint density at radius 3 is 2.54 bits per heavy atom. The Kier molecular flexibility index (Phi) is 9.80. The molecule has 1 aromatic rings. The first-order chi connectivity index (χ1) is 13.4. The zero-order valence-corrected chi connectivity index (χ0v) is 19.4. The largest absolute Gasteiger partial charge is 0.444 e. The number of hydrogen-bond donors (Lipinski definition) is 1. The van der Waals surface area contributed by atoms with Gasteiger partial charge in [0.15, 0.2) is 0 Å². The van der Waals surface area contributed by atoms with Crippen molar-refractivity contribution in [2.75, 3.05) is 25.0 Å². The molecule has 28 heavy (non-hydrogen) atoms. The summed E-state index contributed by atoms with van der Waals surface area (Å²) in [6.45, 7) is 9.15. The number of rotatable bonds is 12. The first-order valence-electron chi connectivity index (χ1n) is 10.7. The van der Waals surface area contributed by atoms with Gasteiger partial charge < -0.3 is 10.1 Å². The maximum absolute atomic E-state index is 11.9. The van der Waals surface area contributed by atoms with Gasteiger partial charge in [0.2, 0.25) is 0 Å². The predicted molar refractivity (Wildman–Crippen MR) is 120 cm³/mol. The fourth-order valence-corrected chi connectivity index (χ4v) is 3.79.